The molecule has 0 aromatic carbocycles. The molecule has 2 rings (SSSR count). The lowest BCUT2D eigenvalue weighted by Crippen LogP contribution is -2.42. The van der Waals surface area contributed by atoms with E-state index in [1.54, 1.807) is 14.0 Å². The summed E-state index contributed by atoms with van der Waals surface area (Å²) < 4.78 is 0. The van der Waals surface area contributed by atoms with Gasteiger partial charge in [0.1, 0.15) is 0 Å². The number of nitrogens with zero attached hydrogens (tertiary/aromatic N) is 2. The van der Waals surface area contributed by atoms with Gasteiger partial charge in [-0.3, -0.25) is 9.89 Å². The molecule has 0 bridgehead atoms. The molecule has 0 radical (unpaired) electrons. The third kappa shape index (κ3) is 2.86. The Morgan fingerprint density at radius 1 is 1.35 bits per heavy atom. The third-order valence-corrected chi connectivity index (χ3v) is 3.99. The minimum absolute atomic E-state index is 0.155. The quantitative estimate of drug-likeness (QED) is 0.726. The molecule has 1 aliphatic carbocycles. The second-order valence-corrected chi connectivity index (χ2v) is 6.02. The van der Waals surface area contributed by atoms with Gasteiger partial charge in [0.2, 0.25) is 0 Å². The van der Waals surface area contributed by atoms with Crippen molar-refractivity contribution < 1.29 is 15.0 Å². The van der Waals surface area contributed by atoms with Crippen molar-refractivity contribution >= 4 is 5.91 Å². The fourth-order valence-corrected chi connectivity index (χ4v) is 2.63. The highest BCUT2D eigenvalue weighted by molar-refractivity contribution is 5.93. The van der Waals surface area contributed by atoms with Crippen molar-refractivity contribution in [1.29, 1.82) is 0 Å². The minimum Gasteiger partial charge on any atom is -0.396 e. The van der Waals surface area contributed by atoms with E-state index in [0.29, 0.717) is 12.2 Å². The molecular formula is C14H23N3O3. The van der Waals surface area contributed by atoms with E-state index in [-0.39, 0.29) is 19.1 Å². The van der Waals surface area contributed by atoms with Crippen molar-refractivity contribution in [1.82, 2.24) is 15.1 Å². The van der Waals surface area contributed by atoms with Gasteiger partial charge < -0.3 is 15.1 Å². The van der Waals surface area contributed by atoms with Crippen LogP contribution in [0.5, 0.6) is 0 Å². The van der Waals surface area contributed by atoms with Crippen LogP contribution in [0.3, 0.4) is 0 Å². The minimum atomic E-state index is -0.694. The van der Waals surface area contributed by atoms with Gasteiger partial charge in [-0.05, 0) is 25.7 Å². The molecule has 1 heterocycles. The Bertz CT molecular complexity index is 480. The van der Waals surface area contributed by atoms with E-state index in [4.69, 9.17) is 0 Å². The van der Waals surface area contributed by atoms with Gasteiger partial charge in [0.25, 0.3) is 5.91 Å². The molecule has 1 aromatic heterocycles. The molecule has 0 unspecified atom stereocenters. The van der Waals surface area contributed by atoms with Crippen LogP contribution in [0.15, 0.2) is 0 Å². The number of aromatic amines is 1. The van der Waals surface area contributed by atoms with E-state index in [1.165, 1.54) is 4.90 Å². The van der Waals surface area contributed by atoms with Gasteiger partial charge in [-0.25, -0.2) is 0 Å². The number of carbonyl (C=O) groups is 1. The number of hydrogen-bond donors (Lipinski definition) is 3. The van der Waals surface area contributed by atoms with Gasteiger partial charge in [0.05, 0.1) is 13.2 Å². The third-order valence-electron chi connectivity index (χ3n) is 3.99. The number of aliphatic hydroxyl groups excluding tert-OH is 2. The number of nitrogens with one attached hydrogen (secondary N) is 1. The predicted octanol–water partition coefficient (Wildman–Crippen LogP) is 0.351. The first kappa shape index (κ1) is 15.0. The number of aliphatic hydroxyl groups is 2. The van der Waals surface area contributed by atoms with Crippen LogP contribution in [-0.4, -0.2) is 58.0 Å². The topological polar surface area (TPSA) is 89.4 Å². The van der Waals surface area contributed by atoms with E-state index < -0.39 is 5.41 Å². The van der Waals surface area contributed by atoms with Gasteiger partial charge >= 0.3 is 0 Å². The molecule has 1 amide bonds. The number of fused-ring (bicyclic) bond motifs is 1. The van der Waals surface area contributed by atoms with Crippen LogP contribution in [0.4, 0.5) is 0 Å². The lowest BCUT2D eigenvalue weighted by Gasteiger charge is -2.30. The fourth-order valence-electron chi connectivity index (χ4n) is 2.63. The van der Waals surface area contributed by atoms with Crippen LogP contribution >= 0.6 is 0 Å². The smallest absolute Gasteiger partial charge is 0.274 e. The fraction of sp³-hybridized carbons (Fsp3) is 0.714. The predicted molar refractivity (Wildman–Crippen MR) is 74.5 cm³/mol. The Hall–Kier alpha value is -1.40. The summed E-state index contributed by atoms with van der Waals surface area (Å²) in [5.74, 6) is -0.155. The normalized spacial score (nSPS) is 15.0. The number of aryl methyl sites for hydroxylation is 1. The maximum atomic E-state index is 12.5. The molecule has 0 aliphatic heterocycles. The standard InChI is InChI=1S/C14H23N3O3/c1-14(8-18,9-19)7-17(2)13(20)12-10-5-3-4-6-11(10)15-16-12/h18-19H,3-9H2,1-2H3,(H,15,16). The SMILES string of the molecule is CN(CC(C)(CO)CO)C(=O)c1n[nH]c2c1CCCC2. The zero-order valence-corrected chi connectivity index (χ0v) is 12.1. The average Bonchev–Trinajstić information content (AvgIpc) is 2.90. The summed E-state index contributed by atoms with van der Waals surface area (Å²) >= 11 is 0. The Balaban J connectivity index is 2.13. The Morgan fingerprint density at radius 2 is 2.00 bits per heavy atom. The van der Waals surface area contributed by atoms with Crippen molar-refractivity contribution in [2.24, 2.45) is 5.41 Å². The number of rotatable bonds is 5. The number of amides is 1. The van der Waals surface area contributed by atoms with Crippen molar-refractivity contribution in [3.63, 3.8) is 0 Å². The molecule has 20 heavy (non-hydrogen) atoms. The van der Waals surface area contributed by atoms with Gasteiger partial charge in [-0.1, -0.05) is 6.92 Å². The Kier molecular flexibility index (Phi) is 4.45. The van der Waals surface area contributed by atoms with Crippen LogP contribution in [0, 0.1) is 5.41 Å². The molecule has 1 aliphatic rings. The molecule has 6 heteroatoms. The number of H-pyrrole nitrogens is 1. The molecule has 112 valence electrons. The summed E-state index contributed by atoms with van der Waals surface area (Å²) in [7, 11) is 1.68. The highest BCUT2D eigenvalue weighted by Crippen LogP contribution is 2.24. The summed E-state index contributed by atoms with van der Waals surface area (Å²) in [6.45, 7) is 1.71. The summed E-state index contributed by atoms with van der Waals surface area (Å²) in [5, 5.41) is 25.8. The molecule has 1 aromatic rings. The second-order valence-electron chi connectivity index (χ2n) is 6.02. The van der Waals surface area contributed by atoms with Crippen LogP contribution in [-0.2, 0) is 12.8 Å². The Labute approximate surface area is 118 Å². The van der Waals surface area contributed by atoms with E-state index in [2.05, 4.69) is 10.2 Å². The van der Waals surface area contributed by atoms with Crippen molar-refractivity contribution in [2.45, 2.75) is 32.6 Å². The van der Waals surface area contributed by atoms with Crippen molar-refractivity contribution in [3.05, 3.63) is 17.0 Å². The average molecular weight is 281 g/mol. The zero-order valence-electron chi connectivity index (χ0n) is 12.1. The first-order valence-electron chi connectivity index (χ1n) is 7.04. The second kappa shape index (κ2) is 5.93. The molecule has 0 saturated carbocycles. The first-order valence-corrected chi connectivity index (χ1v) is 7.04. The molecule has 0 fully saturated rings. The molecule has 3 N–H and O–H groups in total. The first-order chi connectivity index (χ1) is 9.50. The summed E-state index contributed by atoms with van der Waals surface area (Å²) in [6.07, 6.45) is 4.05. The van der Waals surface area contributed by atoms with Gasteiger partial charge in [0.15, 0.2) is 5.69 Å². The van der Waals surface area contributed by atoms with Crippen LogP contribution in [0.25, 0.3) is 0 Å². The number of aromatic nitrogens is 2. The highest BCUT2D eigenvalue weighted by Gasteiger charge is 2.29. The van der Waals surface area contributed by atoms with E-state index >= 15 is 0 Å². The number of hydrogen-bond acceptors (Lipinski definition) is 4. The van der Waals surface area contributed by atoms with Crippen LogP contribution in [0.1, 0.15) is 41.5 Å². The van der Waals surface area contributed by atoms with Gasteiger partial charge in [-0.15, -0.1) is 0 Å². The maximum absolute atomic E-state index is 12.5. The summed E-state index contributed by atoms with van der Waals surface area (Å²) in [4.78, 5) is 14.0. The van der Waals surface area contributed by atoms with E-state index in [0.717, 1.165) is 36.9 Å². The number of carbonyl (C=O) groups excluding carboxylic acids is 1. The maximum Gasteiger partial charge on any atom is 0.274 e. The zero-order chi connectivity index (χ0) is 14.8. The summed E-state index contributed by atoms with van der Waals surface area (Å²) in [6, 6.07) is 0. The van der Waals surface area contributed by atoms with Crippen molar-refractivity contribution in [2.75, 3.05) is 26.8 Å². The van der Waals surface area contributed by atoms with Crippen molar-refractivity contribution in [3.8, 4) is 0 Å². The largest absolute Gasteiger partial charge is 0.396 e. The van der Waals surface area contributed by atoms with Crippen LogP contribution in [0.2, 0.25) is 0 Å². The lowest BCUT2D eigenvalue weighted by molar-refractivity contribution is 0.0363. The summed E-state index contributed by atoms with van der Waals surface area (Å²) in [5.41, 5.74) is 1.89. The molecule has 0 spiro atoms. The molecule has 6 nitrogen and oxygen atoms in total. The van der Waals surface area contributed by atoms with E-state index in [1.807, 2.05) is 0 Å². The lowest BCUT2D eigenvalue weighted by atomic mass is 9.92. The molecule has 0 atom stereocenters. The molecular weight excluding hydrogens is 258 g/mol. The highest BCUT2D eigenvalue weighted by atomic mass is 16.3. The monoisotopic (exact) mass is 281 g/mol. The van der Waals surface area contributed by atoms with E-state index in [9.17, 15) is 15.0 Å². The van der Waals surface area contributed by atoms with Gasteiger partial charge in [-0.2, -0.15) is 5.10 Å². The molecule has 0 saturated heterocycles. The van der Waals surface area contributed by atoms with Crippen LogP contribution < -0.4 is 0 Å². The Morgan fingerprint density at radius 3 is 2.65 bits per heavy atom. The van der Waals surface area contributed by atoms with Gasteiger partial charge in [0, 0.05) is 30.3 Å².